The first kappa shape index (κ1) is 11.2. The number of methoxy groups -OCH3 is 1. The van der Waals surface area contributed by atoms with E-state index in [0.29, 0.717) is 10.9 Å². The minimum atomic E-state index is -0.493. The van der Waals surface area contributed by atoms with Gasteiger partial charge in [0.1, 0.15) is 0 Å². The highest BCUT2D eigenvalue weighted by Crippen LogP contribution is 2.37. The fraction of sp³-hybridized carbons (Fsp3) is 0.400. The molecule has 0 amide bonds. The molecule has 0 saturated carbocycles. The number of nitrogens with one attached hydrogen (secondary N) is 1. The molecule has 6 heteroatoms. The standard InChI is InChI=1S/C10H11ClN2O3/c1-16-10-2-7(6-4-12-5-6)8(11)3-9(10)13(14)15/h2-3,6,12H,4-5H2,1H3. The number of hydrogen-bond donors (Lipinski definition) is 1. The molecule has 0 aliphatic carbocycles. The van der Waals surface area contributed by atoms with Crippen molar-refractivity contribution in [1.82, 2.24) is 5.32 Å². The van der Waals surface area contributed by atoms with Crippen LogP contribution in [0.2, 0.25) is 5.02 Å². The minimum absolute atomic E-state index is 0.0940. The van der Waals surface area contributed by atoms with E-state index in [1.807, 2.05) is 0 Å². The fourth-order valence-corrected chi connectivity index (χ4v) is 2.00. The van der Waals surface area contributed by atoms with Crippen molar-refractivity contribution in [1.29, 1.82) is 0 Å². The van der Waals surface area contributed by atoms with Crippen molar-refractivity contribution in [3.63, 3.8) is 0 Å². The number of rotatable bonds is 3. The van der Waals surface area contributed by atoms with E-state index in [1.165, 1.54) is 13.2 Å². The van der Waals surface area contributed by atoms with E-state index >= 15 is 0 Å². The maximum Gasteiger partial charge on any atom is 0.312 e. The van der Waals surface area contributed by atoms with Crippen LogP contribution >= 0.6 is 11.6 Å². The number of nitrogens with zero attached hydrogens (tertiary/aromatic N) is 1. The number of ether oxygens (including phenoxy) is 1. The van der Waals surface area contributed by atoms with Gasteiger partial charge in [-0.15, -0.1) is 0 Å². The van der Waals surface area contributed by atoms with Crippen LogP contribution < -0.4 is 10.1 Å². The maximum atomic E-state index is 10.8. The fourth-order valence-electron chi connectivity index (χ4n) is 1.69. The number of benzene rings is 1. The van der Waals surface area contributed by atoms with Gasteiger partial charge >= 0.3 is 5.69 Å². The normalized spacial score (nSPS) is 15.6. The van der Waals surface area contributed by atoms with Crippen LogP contribution in [0.15, 0.2) is 12.1 Å². The van der Waals surface area contributed by atoms with Gasteiger partial charge in [-0.05, 0) is 11.6 Å². The van der Waals surface area contributed by atoms with Crippen LogP contribution in [0.25, 0.3) is 0 Å². The predicted octanol–water partition coefficient (Wildman–Crippen LogP) is 1.94. The molecule has 0 radical (unpaired) electrons. The summed E-state index contributed by atoms with van der Waals surface area (Å²) in [6.45, 7) is 1.70. The molecule has 5 nitrogen and oxygen atoms in total. The van der Waals surface area contributed by atoms with Gasteiger partial charge in [-0.2, -0.15) is 0 Å². The SMILES string of the molecule is COc1cc(C2CNC2)c(Cl)cc1[N+](=O)[O-]. The molecule has 0 bridgehead atoms. The van der Waals surface area contributed by atoms with E-state index in [9.17, 15) is 10.1 Å². The highest BCUT2D eigenvalue weighted by molar-refractivity contribution is 6.31. The Bertz CT molecular complexity index is 432. The largest absolute Gasteiger partial charge is 0.490 e. The van der Waals surface area contributed by atoms with E-state index in [4.69, 9.17) is 16.3 Å². The summed E-state index contributed by atoms with van der Waals surface area (Å²) in [4.78, 5) is 10.3. The van der Waals surface area contributed by atoms with Gasteiger partial charge in [0.25, 0.3) is 0 Å². The van der Waals surface area contributed by atoms with Gasteiger partial charge in [-0.1, -0.05) is 11.6 Å². The lowest BCUT2D eigenvalue weighted by Gasteiger charge is -2.28. The van der Waals surface area contributed by atoms with Crippen LogP contribution in [0.3, 0.4) is 0 Å². The zero-order valence-electron chi connectivity index (χ0n) is 8.70. The summed E-state index contributed by atoms with van der Waals surface area (Å²) in [5.41, 5.74) is 0.811. The minimum Gasteiger partial charge on any atom is -0.490 e. The summed E-state index contributed by atoms with van der Waals surface area (Å²) in [6.07, 6.45) is 0. The Morgan fingerprint density at radius 3 is 2.69 bits per heavy atom. The van der Waals surface area contributed by atoms with Gasteiger partial charge in [0.05, 0.1) is 17.1 Å². The molecule has 1 aliphatic rings. The van der Waals surface area contributed by atoms with Crippen molar-refractivity contribution < 1.29 is 9.66 Å². The Labute approximate surface area is 97.5 Å². The number of hydrogen-bond acceptors (Lipinski definition) is 4. The highest BCUT2D eigenvalue weighted by Gasteiger charge is 2.25. The third-order valence-corrected chi connectivity index (χ3v) is 3.04. The van der Waals surface area contributed by atoms with E-state index < -0.39 is 4.92 Å². The van der Waals surface area contributed by atoms with Crippen molar-refractivity contribution in [2.24, 2.45) is 0 Å². The van der Waals surface area contributed by atoms with Gasteiger partial charge in [0.2, 0.25) is 0 Å². The summed E-state index contributed by atoms with van der Waals surface area (Å²) in [7, 11) is 1.42. The topological polar surface area (TPSA) is 64.4 Å². The molecular formula is C10H11ClN2O3. The zero-order valence-corrected chi connectivity index (χ0v) is 9.45. The molecular weight excluding hydrogens is 232 g/mol. The van der Waals surface area contributed by atoms with Crippen LogP contribution in [-0.2, 0) is 0 Å². The molecule has 0 unspecified atom stereocenters. The third-order valence-electron chi connectivity index (χ3n) is 2.72. The summed E-state index contributed by atoms with van der Waals surface area (Å²) in [6, 6.07) is 3.01. The summed E-state index contributed by atoms with van der Waals surface area (Å²) in [5, 5.41) is 14.3. The van der Waals surface area contributed by atoms with E-state index in [1.54, 1.807) is 6.07 Å². The Morgan fingerprint density at radius 2 is 2.25 bits per heavy atom. The van der Waals surface area contributed by atoms with Crippen LogP contribution in [0, 0.1) is 10.1 Å². The smallest absolute Gasteiger partial charge is 0.312 e. The molecule has 1 fully saturated rings. The Morgan fingerprint density at radius 1 is 1.56 bits per heavy atom. The second kappa shape index (κ2) is 4.27. The average Bonchev–Trinajstić information content (AvgIpc) is 2.17. The molecule has 16 heavy (non-hydrogen) atoms. The molecule has 86 valence electrons. The number of halogens is 1. The van der Waals surface area contributed by atoms with Crippen LogP contribution in [0.5, 0.6) is 5.75 Å². The second-order valence-electron chi connectivity index (χ2n) is 3.66. The third kappa shape index (κ3) is 1.83. The quantitative estimate of drug-likeness (QED) is 0.650. The molecule has 0 spiro atoms. The van der Waals surface area contributed by atoms with Gasteiger partial charge < -0.3 is 10.1 Å². The Kier molecular flexibility index (Phi) is 2.98. The molecule has 1 aromatic rings. The molecule has 1 aromatic carbocycles. The predicted molar refractivity (Wildman–Crippen MR) is 60.3 cm³/mol. The van der Waals surface area contributed by atoms with E-state index in [-0.39, 0.29) is 11.4 Å². The Balaban J connectivity index is 2.45. The van der Waals surface area contributed by atoms with Crippen molar-refractivity contribution in [2.45, 2.75) is 5.92 Å². The first-order valence-corrected chi connectivity index (χ1v) is 5.24. The van der Waals surface area contributed by atoms with Gasteiger partial charge in [-0.25, -0.2) is 0 Å². The van der Waals surface area contributed by atoms with Crippen molar-refractivity contribution in [3.8, 4) is 5.75 Å². The summed E-state index contributed by atoms with van der Waals surface area (Å²) >= 11 is 6.02. The highest BCUT2D eigenvalue weighted by atomic mass is 35.5. The first-order chi connectivity index (χ1) is 7.63. The molecule has 0 aromatic heterocycles. The molecule has 1 N–H and O–H groups in total. The molecule has 0 atom stereocenters. The Hall–Kier alpha value is -1.33. The summed E-state index contributed by atoms with van der Waals surface area (Å²) in [5.74, 6) is 0.582. The van der Waals surface area contributed by atoms with Gasteiger partial charge in [-0.3, -0.25) is 10.1 Å². The number of nitro groups is 1. The summed E-state index contributed by atoms with van der Waals surface area (Å²) < 4.78 is 5.00. The zero-order chi connectivity index (χ0) is 11.7. The lowest BCUT2D eigenvalue weighted by molar-refractivity contribution is -0.385. The molecule has 1 saturated heterocycles. The lowest BCUT2D eigenvalue weighted by Crippen LogP contribution is -2.40. The van der Waals surface area contributed by atoms with E-state index in [0.717, 1.165) is 18.7 Å². The molecule has 1 heterocycles. The maximum absolute atomic E-state index is 10.8. The van der Waals surface area contributed by atoms with Crippen LogP contribution in [0.4, 0.5) is 5.69 Å². The molecule has 2 rings (SSSR count). The van der Waals surface area contributed by atoms with Crippen molar-refractivity contribution >= 4 is 17.3 Å². The van der Waals surface area contributed by atoms with Gasteiger partial charge in [0.15, 0.2) is 5.75 Å². The lowest BCUT2D eigenvalue weighted by atomic mass is 9.93. The van der Waals surface area contributed by atoms with E-state index in [2.05, 4.69) is 5.32 Å². The second-order valence-corrected chi connectivity index (χ2v) is 4.07. The van der Waals surface area contributed by atoms with Crippen LogP contribution in [-0.4, -0.2) is 25.1 Å². The first-order valence-electron chi connectivity index (χ1n) is 4.86. The monoisotopic (exact) mass is 242 g/mol. The molecule has 1 aliphatic heterocycles. The van der Waals surface area contributed by atoms with Gasteiger partial charge in [0, 0.05) is 25.1 Å². The van der Waals surface area contributed by atoms with Crippen molar-refractivity contribution in [2.75, 3.05) is 20.2 Å². The van der Waals surface area contributed by atoms with Crippen LogP contribution in [0.1, 0.15) is 11.5 Å². The van der Waals surface area contributed by atoms with Crippen molar-refractivity contribution in [3.05, 3.63) is 32.8 Å². The average molecular weight is 243 g/mol. The number of nitro benzene ring substituents is 1.